The average molecular weight is 155 g/mol. The van der Waals surface area contributed by atoms with Crippen molar-refractivity contribution in [1.82, 2.24) is 4.57 Å². The topological polar surface area (TPSA) is 22.0 Å². The van der Waals surface area contributed by atoms with Crippen LogP contribution in [0.4, 0.5) is 0 Å². The molecule has 0 spiro atoms. The van der Waals surface area contributed by atoms with E-state index in [2.05, 4.69) is 6.58 Å². The molecule has 0 saturated heterocycles. The van der Waals surface area contributed by atoms with Crippen LogP contribution in [0.25, 0.3) is 6.08 Å². The first-order valence-corrected chi connectivity index (χ1v) is 3.77. The van der Waals surface area contributed by atoms with Crippen molar-refractivity contribution < 1.29 is 0 Å². The molecule has 1 aromatic heterocycles. The molecule has 0 fully saturated rings. The van der Waals surface area contributed by atoms with Gasteiger partial charge < -0.3 is 4.57 Å². The van der Waals surface area contributed by atoms with E-state index in [-0.39, 0.29) is 4.87 Å². The molecule has 0 bridgehead atoms. The first-order chi connectivity index (χ1) is 4.66. The van der Waals surface area contributed by atoms with E-state index in [1.165, 1.54) is 11.3 Å². The fourth-order valence-corrected chi connectivity index (χ4v) is 1.56. The Labute approximate surface area is 63.4 Å². The van der Waals surface area contributed by atoms with Gasteiger partial charge in [0.1, 0.15) is 0 Å². The van der Waals surface area contributed by atoms with Gasteiger partial charge in [0.25, 0.3) is 0 Å². The van der Waals surface area contributed by atoms with Crippen molar-refractivity contribution in [2.24, 2.45) is 7.05 Å². The van der Waals surface area contributed by atoms with Gasteiger partial charge in [0.15, 0.2) is 0 Å². The highest BCUT2D eigenvalue weighted by molar-refractivity contribution is 7.10. The molecule has 0 aliphatic heterocycles. The lowest BCUT2D eigenvalue weighted by Gasteiger charge is -1.91. The second-order valence-electron chi connectivity index (χ2n) is 2.08. The van der Waals surface area contributed by atoms with Crippen molar-refractivity contribution in [2.75, 3.05) is 0 Å². The second-order valence-corrected chi connectivity index (χ2v) is 3.07. The van der Waals surface area contributed by atoms with Crippen LogP contribution in [0.3, 0.4) is 0 Å². The van der Waals surface area contributed by atoms with Crippen molar-refractivity contribution in [1.29, 1.82) is 0 Å². The number of rotatable bonds is 1. The monoisotopic (exact) mass is 155 g/mol. The average Bonchev–Trinajstić information content (AvgIpc) is 2.17. The highest BCUT2D eigenvalue weighted by atomic mass is 32.1. The van der Waals surface area contributed by atoms with E-state index in [1.54, 1.807) is 17.7 Å². The van der Waals surface area contributed by atoms with Gasteiger partial charge in [-0.3, -0.25) is 4.79 Å². The third-order valence-corrected chi connectivity index (χ3v) is 2.65. The van der Waals surface area contributed by atoms with E-state index in [1.807, 2.05) is 6.92 Å². The molecule has 0 aliphatic rings. The van der Waals surface area contributed by atoms with Crippen LogP contribution < -0.4 is 4.87 Å². The predicted octanol–water partition coefficient (Wildman–Crippen LogP) is 1.40. The lowest BCUT2D eigenvalue weighted by Crippen LogP contribution is -2.08. The maximum absolute atomic E-state index is 11.0. The quantitative estimate of drug-likeness (QED) is 0.601. The van der Waals surface area contributed by atoms with Crippen LogP contribution in [0.15, 0.2) is 11.4 Å². The van der Waals surface area contributed by atoms with Crippen LogP contribution >= 0.6 is 11.3 Å². The van der Waals surface area contributed by atoms with Crippen molar-refractivity contribution in [3.8, 4) is 0 Å². The standard InChI is InChI=1S/C7H9NOS/c1-4-6-5(2)8(3)7(9)10-6/h4H,1H2,2-3H3. The largest absolute Gasteiger partial charge is 0.307 e. The highest BCUT2D eigenvalue weighted by Crippen LogP contribution is 2.10. The molecule has 0 N–H and O–H groups in total. The van der Waals surface area contributed by atoms with Gasteiger partial charge in [-0.05, 0) is 6.92 Å². The van der Waals surface area contributed by atoms with Crippen molar-refractivity contribution in [3.05, 3.63) is 26.8 Å². The first-order valence-electron chi connectivity index (χ1n) is 2.95. The zero-order chi connectivity index (χ0) is 7.72. The van der Waals surface area contributed by atoms with Crippen LogP contribution in [-0.4, -0.2) is 4.57 Å². The summed E-state index contributed by atoms with van der Waals surface area (Å²) in [5.74, 6) is 0. The summed E-state index contributed by atoms with van der Waals surface area (Å²) in [5.41, 5.74) is 0.991. The summed E-state index contributed by atoms with van der Waals surface area (Å²) >= 11 is 1.23. The molecule has 54 valence electrons. The summed E-state index contributed by atoms with van der Waals surface area (Å²) in [5, 5.41) is 0. The van der Waals surface area contributed by atoms with Gasteiger partial charge in [-0.2, -0.15) is 0 Å². The minimum absolute atomic E-state index is 0.0763. The molecule has 0 atom stereocenters. The molecule has 1 rings (SSSR count). The zero-order valence-corrected chi connectivity index (χ0v) is 6.86. The third-order valence-electron chi connectivity index (χ3n) is 1.52. The fourth-order valence-electron chi connectivity index (χ4n) is 0.728. The smallest absolute Gasteiger partial charge is 0.306 e. The number of hydrogen-bond acceptors (Lipinski definition) is 2. The highest BCUT2D eigenvalue weighted by Gasteiger charge is 2.02. The fraction of sp³-hybridized carbons (Fsp3) is 0.286. The lowest BCUT2D eigenvalue weighted by molar-refractivity contribution is 0.852. The van der Waals surface area contributed by atoms with Crippen molar-refractivity contribution in [2.45, 2.75) is 6.92 Å². The Morgan fingerprint density at radius 1 is 1.70 bits per heavy atom. The summed E-state index contributed by atoms with van der Waals surface area (Å²) in [6.07, 6.45) is 1.71. The van der Waals surface area contributed by atoms with Gasteiger partial charge >= 0.3 is 4.87 Å². The number of nitrogens with zero attached hydrogens (tertiary/aromatic N) is 1. The van der Waals surface area contributed by atoms with Crippen molar-refractivity contribution in [3.63, 3.8) is 0 Å². The predicted molar refractivity (Wildman–Crippen MR) is 44.4 cm³/mol. The molecule has 3 heteroatoms. The molecule has 1 aromatic rings. The number of hydrogen-bond donors (Lipinski definition) is 0. The molecule has 10 heavy (non-hydrogen) atoms. The molecular formula is C7H9NOS. The van der Waals surface area contributed by atoms with Crippen LogP contribution in [0, 0.1) is 6.92 Å². The minimum atomic E-state index is 0.0763. The van der Waals surface area contributed by atoms with Crippen LogP contribution in [0.1, 0.15) is 10.6 Å². The van der Waals surface area contributed by atoms with E-state index in [0.29, 0.717) is 0 Å². The van der Waals surface area contributed by atoms with Crippen LogP contribution in [0.2, 0.25) is 0 Å². The van der Waals surface area contributed by atoms with Crippen molar-refractivity contribution >= 4 is 17.4 Å². The van der Waals surface area contributed by atoms with Gasteiger partial charge in [-0.15, -0.1) is 0 Å². The maximum Gasteiger partial charge on any atom is 0.307 e. The second kappa shape index (κ2) is 2.42. The Hall–Kier alpha value is -0.830. The summed E-state index contributed by atoms with van der Waals surface area (Å²) in [6, 6.07) is 0. The molecule has 0 unspecified atom stereocenters. The van der Waals surface area contributed by atoms with Gasteiger partial charge in [-0.25, -0.2) is 0 Å². The molecule has 0 aliphatic carbocycles. The maximum atomic E-state index is 11.0. The van der Waals surface area contributed by atoms with E-state index in [9.17, 15) is 4.79 Å². The Balaban J connectivity index is 3.45. The first kappa shape index (κ1) is 7.28. The molecule has 0 aromatic carbocycles. The van der Waals surface area contributed by atoms with Gasteiger partial charge in [-0.1, -0.05) is 24.0 Å². The van der Waals surface area contributed by atoms with Crippen LogP contribution in [-0.2, 0) is 7.05 Å². The molecule has 1 heterocycles. The summed E-state index contributed by atoms with van der Waals surface area (Å²) in [4.78, 5) is 12.0. The van der Waals surface area contributed by atoms with Gasteiger partial charge in [0.2, 0.25) is 0 Å². The molecule has 0 saturated carbocycles. The zero-order valence-electron chi connectivity index (χ0n) is 6.05. The van der Waals surface area contributed by atoms with Gasteiger partial charge in [0, 0.05) is 12.7 Å². The molecule has 0 amide bonds. The minimum Gasteiger partial charge on any atom is -0.306 e. The Morgan fingerprint density at radius 3 is 2.50 bits per heavy atom. The number of thiazole rings is 1. The van der Waals surface area contributed by atoms with E-state index in [0.717, 1.165) is 10.6 Å². The molecule has 2 nitrogen and oxygen atoms in total. The molecular weight excluding hydrogens is 146 g/mol. The van der Waals surface area contributed by atoms with E-state index in [4.69, 9.17) is 0 Å². The Morgan fingerprint density at radius 2 is 2.30 bits per heavy atom. The number of aromatic nitrogens is 1. The van der Waals surface area contributed by atoms with Gasteiger partial charge in [0.05, 0.1) is 4.88 Å². The SMILES string of the molecule is C=Cc1sc(=O)n(C)c1C. The van der Waals surface area contributed by atoms with E-state index >= 15 is 0 Å². The third kappa shape index (κ3) is 0.926. The lowest BCUT2D eigenvalue weighted by atomic mass is 10.4. The Bertz CT molecular complexity index is 308. The van der Waals surface area contributed by atoms with Crippen LogP contribution in [0.5, 0.6) is 0 Å². The normalized spacial score (nSPS) is 9.80. The summed E-state index contributed by atoms with van der Waals surface area (Å²) in [7, 11) is 1.77. The summed E-state index contributed by atoms with van der Waals surface area (Å²) < 4.78 is 1.63. The van der Waals surface area contributed by atoms with E-state index < -0.39 is 0 Å². The Kier molecular flexibility index (Phi) is 1.76. The summed E-state index contributed by atoms with van der Waals surface area (Å²) in [6.45, 7) is 5.52. The molecule has 0 radical (unpaired) electrons.